The average molecular weight is 296 g/mol. The van der Waals surface area contributed by atoms with Crippen molar-refractivity contribution in [2.75, 3.05) is 13.2 Å². The summed E-state index contributed by atoms with van der Waals surface area (Å²) in [5.41, 5.74) is 2.12. The molecule has 0 aliphatic rings. The summed E-state index contributed by atoms with van der Waals surface area (Å²) >= 11 is 0. The Kier molecular flexibility index (Phi) is 5.92. The Bertz CT molecular complexity index is 758. The number of benzene rings is 2. The minimum atomic E-state index is 0.0121. The fourth-order valence-electron chi connectivity index (χ4n) is 2.10. The van der Waals surface area contributed by atoms with Crippen molar-refractivity contribution in [3.8, 4) is 11.1 Å². The molecule has 1 heterocycles. The molecule has 0 bridgehead atoms. The van der Waals surface area contributed by atoms with Gasteiger partial charge < -0.3 is 9.15 Å². The molecule has 0 amide bonds. The van der Waals surface area contributed by atoms with Crippen molar-refractivity contribution in [2.45, 2.75) is 13.8 Å². The highest BCUT2D eigenvalue weighted by atomic mass is 16.5. The molecule has 0 atom stereocenters. The first-order valence-corrected chi connectivity index (χ1v) is 7.41. The molecule has 3 heteroatoms. The topological polar surface area (TPSA) is 39.4 Å². The highest BCUT2D eigenvalue weighted by Gasteiger charge is 2.07. The Hall–Kier alpha value is -2.39. The lowest BCUT2D eigenvalue weighted by atomic mass is 10.1. The van der Waals surface area contributed by atoms with Gasteiger partial charge in [-0.05, 0) is 31.5 Å². The summed E-state index contributed by atoms with van der Waals surface area (Å²) in [7, 11) is 0. The van der Waals surface area contributed by atoms with Crippen LogP contribution in [0.4, 0.5) is 0 Å². The second-order valence-electron chi connectivity index (χ2n) is 4.62. The Morgan fingerprint density at radius 1 is 0.909 bits per heavy atom. The van der Waals surface area contributed by atoms with Crippen LogP contribution in [0.5, 0.6) is 0 Å². The van der Waals surface area contributed by atoms with Crippen LogP contribution in [0, 0.1) is 0 Å². The van der Waals surface area contributed by atoms with Crippen LogP contribution >= 0.6 is 0 Å². The molecule has 114 valence electrons. The summed E-state index contributed by atoms with van der Waals surface area (Å²) in [6.45, 7) is 5.67. The molecule has 0 aliphatic carbocycles. The second kappa shape index (κ2) is 8.15. The highest BCUT2D eigenvalue weighted by molar-refractivity contribution is 5.81. The third-order valence-electron chi connectivity index (χ3n) is 3.17. The van der Waals surface area contributed by atoms with Crippen LogP contribution in [0.3, 0.4) is 0 Å². The maximum atomic E-state index is 12.3. The smallest absolute Gasteiger partial charge is 0.200 e. The van der Waals surface area contributed by atoms with E-state index in [0.29, 0.717) is 16.5 Å². The van der Waals surface area contributed by atoms with Crippen LogP contribution < -0.4 is 5.43 Å². The fourth-order valence-corrected chi connectivity index (χ4v) is 2.10. The third-order valence-corrected chi connectivity index (χ3v) is 3.17. The maximum Gasteiger partial charge on any atom is 0.200 e. The minimum absolute atomic E-state index is 0.0121. The van der Waals surface area contributed by atoms with Gasteiger partial charge in [0.1, 0.15) is 11.8 Å². The van der Waals surface area contributed by atoms with Crippen LogP contribution in [0.2, 0.25) is 0 Å². The van der Waals surface area contributed by atoms with Gasteiger partial charge >= 0.3 is 0 Å². The third kappa shape index (κ3) is 3.83. The molecule has 0 unspecified atom stereocenters. The molecule has 2 aromatic carbocycles. The molecular weight excluding hydrogens is 276 g/mol. The summed E-state index contributed by atoms with van der Waals surface area (Å²) < 4.78 is 10.3. The number of hydrogen-bond donors (Lipinski definition) is 0. The Labute approximate surface area is 130 Å². The average Bonchev–Trinajstić information content (AvgIpc) is 2.58. The van der Waals surface area contributed by atoms with Crippen molar-refractivity contribution in [3.63, 3.8) is 0 Å². The zero-order chi connectivity index (χ0) is 15.8. The van der Waals surface area contributed by atoms with Gasteiger partial charge in [-0.3, -0.25) is 4.79 Å². The van der Waals surface area contributed by atoms with Crippen LogP contribution in [-0.2, 0) is 4.74 Å². The van der Waals surface area contributed by atoms with Gasteiger partial charge in [-0.15, -0.1) is 0 Å². The summed E-state index contributed by atoms with van der Waals surface area (Å²) in [4.78, 5) is 12.3. The van der Waals surface area contributed by atoms with E-state index in [1.54, 1.807) is 12.1 Å². The molecule has 3 aromatic rings. The van der Waals surface area contributed by atoms with Gasteiger partial charge in [-0.2, -0.15) is 0 Å². The summed E-state index contributed by atoms with van der Waals surface area (Å²) in [6.07, 6.45) is 1.53. The quantitative estimate of drug-likeness (QED) is 0.714. The molecule has 22 heavy (non-hydrogen) atoms. The number of fused-ring (bicyclic) bond motifs is 1. The summed E-state index contributed by atoms with van der Waals surface area (Å²) in [5, 5.41) is 0.619. The number of para-hydroxylation sites is 1. The van der Waals surface area contributed by atoms with E-state index in [1.807, 2.05) is 56.3 Å². The van der Waals surface area contributed by atoms with E-state index >= 15 is 0 Å². The largest absolute Gasteiger partial charge is 0.463 e. The van der Waals surface area contributed by atoms with Crippen molar-refractivity contribution < 1.29 is 9.15 Å². The molecule has 3 nitrogen and oxygen atoms in total. The lowest BCUT2D eigenvalue weighted by Crippen LogP contribution is -2.04. The highest BCUT2D eigenvalue weighted by Crippen LogP contribution is 2.18. The second-order valence-corrected chi connectivity index (χ2v) is 4.62. The predicted octanol–water partition coefficient (Wildman–Crippen LogP) is 4.50. The van der Waals surface area contributed by atoms with Crippen LogP contribution in [0.15, 0.2) is 70.1 Å². The predicted molar refractivity (Wildman–Crippen MR) is 90.1 cm³/mol. The SMILES string of the molecule is CCOCC.O=c1c(-c2ccccc2)coc2ccccc12. The minimum Gasteiger partial charge on any atom is -0.463 e. The summed E-state index contributed by atoms with van der Waals surface area (Å²) in [6, 6.07) is 16.8. The number of ether oxygens (including phenoxy) is 1. The van der Waals surface area contributed by atoms with E-state index in [2.05, 4.69) is 0 Å². The molecule has 0 spiro atoms. The normalized spacial score (nSPS) is 10.1. The van der Waals surface area contributed by atoms with Gasteiger partial charge in [0.15, 0.2) is 5.43 Å². The van der Waals surface area contributed by atoms with E-state index in [9.17, 15) is 4.79 Å². The van der Waals surface area contributed by atoms with E-state index in [4.69, 9.17) is 9.15 Å². The zero-order valence-corrected chi connectivity index (χ0v) is 12.9. The van der Waals surface area contributed by atoms with Crippen molar-refractivity contribution in [2.24, 2.45) is 0 Å². The van der Waals surface area contributed by atoms with Gasteiger partial charge in [0.25, 0.3) is 0 Å². The van der Waals surface area contributed by atoms with Crippen LogP contribution in [0.1, 0.15) is 13.8 Å². The van der Waals surface area contributed by atoms with Crippen molar-refractivity contribution in [1.29, 1.82) is 0 Å². The van der Waals surface area contributed by atoms with Gasteiger partial charge in [0, 0.05) is 13.2 Å². The summed E-state index contributed by atoms with van der Waals surface area (Å²) in [5.74, 6) is 0. The van der Waals surface area contributed by atoms with Gasteiger partial charge in [-0.25, -0.2) is 0 Å². The maximum absolute atomic E-state index is 12.3. The van der Waals surface area contributed by atoms with Gasteiger partial charge in [-0.1, -0.05) is 42.5 Å². The lowest BCUT2D eigenvalue weighted by Gasteiger charge is -2.01. The van der Waals surface area contributed by atoms with E-state index < -0.39 is 0 Å². The monoisotopic (exact) mass is 296 g/mol. The molecular formula is C19H20O3. The standard InChI is InChI=1S/C15H10O2.C4H10O/c16-15-12-8-4-5-9-14(12)17-10-13(15)11-6-2-1-3-7-11;1-3-5-4-2/h1-10H;3-4H2,1-2H3. The first-order valence-electron chi connectivity index (χ1n) is 7.41. The Morgan fingerprint density at radius 2 is 1.55 bits per heavy atom. The number of rotatable bonds is 3. The lowest BCUT2D eigenvalue weighted by molar-refractivity contribution is 0.162. The molecule has 0 aliphatic heterocycles. The first-order chi connectivity index (χ1) is 10.8. The van der Waals surface area contributed by atoms with Crippen molar-refractivity contribution in [3.05, 3.63) is 71.1 Å². The van der Waals surface area contributed by atoms with E-state index in [0.717, 1.165) is 18.8 Å². The molecule has 0 saturated heterocycles. The molecule has 1 aromatic heterocycles. The van der Waals surface area contributed by atoms with Crippen LogP contribution in [-0.4, -0.2) is 13.2 Å². The van der Waals surface area contributed by atoms with Crippen molar-refractivity contribution in [1.82, 2.24) is 0 Å². The van der Waals surface area contributed by atoms with Gasteiger partial charge in [0.05, 0.1) is 10.9 Å². The van der Waals surface area contributed by atoms with E-state index in [1.165, 1.54) is 6.26 Å². The molecule has 3 rings (SSSR count). The van der Waals surface area contributed by atoms with E-state index in [-0.39, 0.29) is 5.43 Å². The number of hydrogen-bond acceptors (Lipinski definition) is 3. The Balaban J connectivity index is 0.000000309. The Morgan fingerprint density at radius 3 is 2.18 bits per heavy atom. The molecule has 0 saturated carbocycles. The van der Waals surface area contributed by atoms with Crippen LogP contribution in [0.25, 0.3) is 22.1 Å². The fraction of sp³-hybridized carbons (Fsp3) is 0.211. The first kappa shape index (κ1) is 16.0. The molecule has 0 N–H and O–H groups in total. The van der Waals surface area contributed by atoms with Gasteiger partial charge in [0.2, 0.25) is 0 Å². The molecule has 0 radical (unpaired) electrons. The van der Waals surface area contributed by atoms with Crippen molar-refractivity contribution >= 4 is 11.0 Å². The molecule has 0 fully saturated rings. The zero-order valence-electron chi connectivity index (χ0n) is 12.9.